The molecule has 3 aliphatic rings. The molecular formula is C29H32N2O4. The Bertz CT molecular complexity index is 1280. The average molecular weight is 473 g/mol. The van der Waals surface area contributed by atoms with Gasteiger partial charge in [-0.25, -0.2) is 4.98 Å². The molecule has 2 aromatic carbocycles. The first-order chi connectivity index (χ1) is 17.2. The number of para-hydroxylation sites is 1. The van der Waals surface area contributed by atoms with Crippen molar-refractivity contribution < 1.29 is 19.0 Å². The number of carbonyl (C=O) groups excluding carboxylic acids is 1. The van der Waals surface area contributed by atoms with Crippen LogP contribution in [0.5, 0.6) is 11.5 Å². The quantitative estimate of drug-likeness (QED) is 0.480. The van der Waals surface area contributed by atoms with Crippen molar-refractivity contribution in [2.75, 3.05) is 20.8 Å². The van der Waals surface area contributed by atoms with Crippen LogP contribution in [0.4, 0.5) is 0 Å². The first-order valence-corrected chi connectivity index (χ1v) is 12.7. The van der Waals surface area contributed by atoms with E-state index in [1.165, 1.54) is 17.5 Å². The largest absolute Gasteiger partial charge is 0.493 e. The summed E-state index contributed by atoms with van der Waals surface area (Å²) in [5, 5.41) is 1.13. The summed E-state index contributed by atoms with van der Waals surface area (Å²) in [5.41, 5.74) is 6.56. The molecule has 1 aromatic heterocycles. The van der Waals surface area contributed by atoms with Crippen LogP contribution in [0.3, 0.4) is 0 Å². The minimum Gasteiger partial charge on any atom is -0.493 e. The number of fused-ring (bicyclic) bond motifs is 2. The Hall–Kier alpha value is -3.12. The number of nitrogens with zero attached hydrogens (tertiary/aromatic N) is 2. The van der Waals surface area contributed by atoms with Gasteiger partial charge >= 0.3 is 0 Å². The zero-order valence-electron chi connectivity index (χ0n) is 20.5. The Labute approximate surface area is 206 Å². The van der Waals surface area contributed by atoms with Gasteiger partial charge in [0.15, 0.2) is 11.5 Å². The number of methoxy groups -OCH3 is 2. The average Bonchev–Trinajstić information content (AvgIpc) is 3.37. The van der Waals surface area contributed by atoms with E-state index in [4.69, 9.17) is 19.2 Å². The van der Waals surface area contributed by atoms with E-state index in [-0.39, 0.29) is 18.1 Å². The van der Waals surface area contributed by atoms with Crippen molar-refractivity contribution in [3.8, 4) is 22.8 Å². The summed E-state index contributed by atoms with van der Waals surface area (Å²) < 4.78 is 17.1. The number of carbonyl (C=O) groups is 1. The van der Waals surface area contributed by atoms with E-state index in [0.29, 0.717) is 24.7 Å². The predicted molar refractivity (Wildman–Crippen MR) is 135 cm³/mol. The highest BCUT2D eigenvalue weighted by Gasteiger charge is 2.38. The molecule has 2 fully saturated rings. The van der Waals surface area contributed by atoms with Gasteiger partial charge in [-0.3, -0.25) is 4.79 Å². The smallest absolute Gasteiger partial charge is 0.252 e. The van der Waals surface area contributed by atoms with Crippen LogP contribution < -0.4 is 9.47 Å². The molecule has 1 amide bonds. The SMILES string of the molecule is COc1cccc(-c2nc3cc4c(cc3cc2CN(C(=O)C2CCCO2)C2CC2)CCC4)c1OC. The summed E-state index contributed by atoms with van der Waals surface area (Å²) in [6.45, 7) is 1.18. The maximum absolute atomic E-state index is 13.5. The molecule has 1 saturated carbocycles. The Morgan fingerprint density at radius 3 is 2.60 bits per heavy atom. The van der Waals surface area contributed by atoms with Gasteiger partial charge in [0.25, 0.3) is 5.91 Å². The molecule has 2 heterocycles. The van der Waals surface area contributed by atoms with Crippen molar-refractivity contribution in [1.29, 1.82) is 0 Å². The van der Waals surface area contributed by atoms with Crippen LogP contribution in [-0.4, -0.2) is 48.8 Å². The monoisotopic (exact) mass is 472 g/mol. The van der Waals surface area contributed by atoms with E-state index < -0.39 is 0 Å². The van der Waals surface area contributed by atoms with Gasteiger partial charge in [-0.05, 0) is 92.0 Å². The van der Waals surface area contributed by atoms with Crippen molar-refractivity contribution in [1.82, 2.24) is 9.88 Å². The maximum Gasteiger partial charge on any atom is 0.252 e. The Morgan fingerprint density at radius 2 is 1.89 bits per heavy atom. The van der Waals surface area contributed by atoms with Gasteiger partial charge in [-0.2, -0.15) is 0 Å². The second kappa shape index (κ2) is 9.15. The molecule has 1 unspecified atom stereocenters. The molecule has 0 N–H and O–H groups in total. The molecule has 35 heavy (non-hydrogen) atoms. The molecule has 3 aromatic rings. The van der Waals surface area contributed by atoms with Gasteiger partial charge in [-0.1, -0.05) is 6.07 Å². The van der Waals surface area contributed by atoms with Crippen molar-refractivity contribution in [3.63, 3.8) is 0 Å². The van der Waals surface area contributed by atoms with Crippen molar-refractivity contribution in [2.45, 2.75) is 63.6 Å². The Morgan fingerprint density at radius 1 is 1.06 bits per heavy atom. The van der Waals surface area contributed by atoms with Gasteiger partial charge in [0.05, 0.1) is 25.4 Å². The summed E-state index contributed by atoms with van der Waals surface area (Å²) >= 11 is 0. The summed E-state index contributed by atoms with van der Waals surface area (Å²) in [6, 6.07) is 12.9. The zero-order valence-corrected chi connectivity index (χ0v) is 20.5. The number of rotatable bonds is 7. The summed E-state index contributed by atoms with van der Waals surface area (Å²) in [5.74, 6) is 1.44. The summed E-state index contributed by atoms with van der Waals surface area (Å²) in [7, 11) is 3.31. The second-order valence-electron chi connectivity index (χ2n) is 9.90. The highest BCUT2D eigenvalue weighted by atomic mass is 16.5. The highest BCUT2D eigenvalue weighted by Crippen LogP contribution is 2.41. The number of benzene rings is 2. The fourth-order valence-electron chi connectivity index (χ4n) is 5.63. The maximum atomic E-state index is 13.5. The second-order valence-corrected chi connectivity index (χ2v) is 9.90. The van der Waals surface area contributed by atoms with Crippen LogP contribution in [0.1, 0.15) is 48.8 Å². The lowest BCUT2D eigenvalue weighted by molar-refractivity contribution is -0.142. The van der Waals surface area contributed by atoms with Crippen molar-refractivity contribution in [2.24, 2.45) is 0 Å². The standard InChI is InChI=1S/C29H32N2O4/c1-33-25-9-4-8-23(28(25)34-2)27-21(15-20-14-18-6-3-7-19(18)16-24(20)30-27)17-31(22-11-12-22)29(32)26-10-5-13-35-26/h4,8-9,14-16,22,26H,3,5-7,10-13,17H2,1-2H3. The lowest BCUT2D eigenvalue weighted by atomic mass is 9.99. The summed E-state index contributed by atoms with van der Waals surface area (Å²) in [4.78, 5) is 20.7. The van der Waals surface area contributed by atoms with Gasteiger partial charge < -0.3 is 19.1 Å². The molecule has 6 heteroatoms. The molecule has 6 nitrogen and oxygen atoms in total. The van der Waals surface area contributed by atoms with Crippen LogP contribution in [-0.2, 0) is 28.9 Å². The third-order valence-electron chi connectivity index (χ3n) is 7.58. The third-order valence-corrected chi connectivity index (χ3v) is 7.58. The van der Waals surface area contributed by atoms with Gasteiger partial charge in [0.2, 0.25) is 0 Å². The van der Waals surface area contributed by atoms with E-state index in [1.807, 2.05) is 23.1 Å². The van der Waals surface area contributed by atoms with Crippen LogP contribution in [0.25, 0.3) is 22.2 Å². The van der Waals surface area contributed by atoms with Crippen LogP contribution >= 0.6 is 0 Å². The predicted octanol–water partition coefficient (Wildman–Crippen LogP) is 5.08. The van der Waals surface area contributed by atoms with Crippen LogP contribution in [0.2, 0.25) is 0 Å². The number of amides is 1. The molecule has 1 saturated heterocycles. The fraction of sp³-hybridized carbons (Fsp3) is 0.448. The highest BCUT2D eigenvalue weighted by molar-refractivity contribution is 5.87. The lowest BCUT2D eigenvalue weighted by Gasteiger charge is -2.27. The first-order valence-electron chi connectivity index (χ1n) is 12.7. The number of pyridine rings is 1. The fourth-order valence-corrected chi connectivity index (χ4v) is 5.63. The van der Waals surface area contributed by atoms with Gasteiger partial charge in [0, 0.05) is 30.1 Å². The summed E-state index contributed by atoms with van der Waals surface area (Å²) in [6.07, 6.45) is 6.96. The molecule has 0 spiro atoms. The minimum absolute atomic E-state index is 0.114. The molecule has 1 atom stereocenters. The molecule has 0 bridgehead atoms. The van der Waals surface area contributed by atoms with Crippen LogP contribution in [0, 0.1) is 0 Å². The minimum atomic E-state index is -0.318. The normalized spacial score (nSPS) is 19.1. The number of hydrogen-bond donors (Lipinski definition) is 0. The van der Waals surface area contributed by atoms with E-state index >= 15 is 0 Å². The van der Waals surface area contributed by atoms with E-state index in [1.54, 1.807) is 14.2 Å². The molecular weight excluding hydrogens is 440 g/mol. The van der Waals surface area contributed by atoms with E-state index in [2.05, 4.69) is 18.2 Å². The van der Waals surface area contributed by atoms with Gasteiger partial charge in [0.1, 0.15) is 6.10 Å². The Balaban J connectivity index is 1.49. The number of aryl methyl sites for hydroxylation is 2. The molecule has 1 aliphatic heterocycles. The van der Waals surface area contributed by atoms with Crippen molar-refractivity contribution >= 4 is 16.8 Å². The molecule has 0 radical (unpaired) electrons. The number of hydrogen-bond acceptors (Lipinski definition) is 5. The zero-order chi connectivity index (χ0) is 23.9. The van der Waals surface area contributed by atoms with Crippen molar-refractivity contribution in [3.05, 3.63) is 53.1 Å². The van der Waals surface area contributed by atoms with E-state index in [0.717, 1.165) is 66.2 Å². The topological polar surface area (TPSA) is 60.9 Å². The third kappa shape index (κ3) is 4.14. The van der Waals surface area contributed by atoms with Gasteiger partial charge in [-0.15, -0.1) is 0 Å². The number of aromatic nitrogens is 1. The van der Waals surface area contributed by atoms with Crippen LogP contribution in [0.15, 0.2) is 36.4 Å². The Kier molecular flexibility index (Phi) is 5.85. The lowest BCUT2D eigenvalue weighted by Crippen LogP contribution is -2.40. The molecule has 6 rings (SSSR count). The molecule has 182 valence electrons. The van der Waals surface area contributed by atoms with E-state index in [9.17, 15) is 4.79 Å². The molecule has 2 aliphatic carbocycles. The number of ether oxygens (including phenoxy) is 3. The first kappa shape index (κ1) is 22.4.